The summed E-state index contributed by atoms with van der Waals surface area (Å²) >= 11 is 3.82. The molecule has 2 saturated carbocycles. The van der Waals surface area contributed by atoms with Crippen LogP contribution < -0.4 is 0 Å². The Labute approximate surface area is 508 Å². The highest BCUT2D eigenvalue weighted by atomic mass is 32.1. The molecule has 3 aliphatic heterocycles. The summed E-state index contributed by atoms with van der Waals surface area (Å²) in [6.07, 6.45) is 24.6. The van der Waals surface area contributed by atoms with Gasteiger partial charge in [-0.05, 0) is 160 Å². The molecule has 2 aliphatic carbocycles. The molecule has 434 valence electrons. The van der Waals surface area contributed by atoms with Crippen molar-refractivity contribution in [1.29, 1.82) is 0 Å². The lowest BCUT2D eigenvalue weighted by Gasteiger charge is -2.26. The van der Waals surface area contributed by atoms with E-state index in [4.69, 9.17) is 19.4 Å². The first-order valence-corrected chi connectivity index (χ1v) is 33.0. The van der Waals surface area contributed by atoms with Gasteiger partial charge >= 0.3 is 11.9 Å². The van der Waals surface area contributed by atoms with Crippen LogP contribution in [0.3, 0.4) is 0 Å². The summed E-state index contributed by atoms with van der Waals surface area (Å²) in [5.41, 5.74) is 13.8. The van der Waals surface area contributed by atoms with Gasteiger partial charge in [0.05, 0.1) is 36.0 Å². The van der Waals surface area contributed by atoms with Crippen LogP contribution in [-0.4, -0.2) is 63.6 Å². The number of aromatic nitrogens is 4. The molecule has 8 heterocycles. The Kier molecular flexibility index (Phi) is 16.8. The lowest BCUT2D eigenvalue weighted by Crippen LogP contribution is -2.33. The standard InChI is InChI=1S/C74H77N5O4S2/c1-4-82-72(80)74(73(81)83-5-2)53-33-23-10-8-6-7-9-22-32-52-51(31-21-14-24-34-54(53)74)47-79(3)71(52)66-46-44-64(85-66)63-43-45-65(84-63)70-61-41-39-59(77-61)68(49-27-17-12-18-28-49)57-37-35-55(75-57)67(48-25-15-11-16-26-48)56-36-38-58(76-56)69(50-29-19-13-20-30-50)60-40-42-62(70)78-60/h11-13,15-20,25-30,35-46,51-54,71,75,78H,4-10,14,21-24,31-34,47H2,1-3H3. The zero-order valence-corrected chi connectivity index (χ0v) is 50.9. The van der Waals surface area contributed by atoms with E-state index in [9.17, 15) is 9.59 Å². The van der Waals surface area contributed by atoms with Crippen molar-refractivity contribution in [3.05, 3.63) is 167 Å². The Morgan fingerprint density at radius 3 is 1.38 bits per heavy atom. The van der Waals surface area contributed by atoms with Crippen molar-refractivity contribution >= 4 is 81.0 Å². The number of nitrogens with zero attached hydrogens (tertiary/aromatic N) is 3. The number of benzene rings is 3. The van der Waals surface area contributed by atoms with E-state index in [1.807, 2.05) is 36.5 Å². The average Bonchev–Trinajstić information content (AvgIpc) is 2.12. The zero-order chi connectivity index (χ0) is 57.9. The predicted octanol–water partition coefficient (Wildman–Crippen LogP) is 19.2. The van der Waals surface area contributed by atoms with Gasteiger partial charge in [0, 0.05) is 76.4 Å². The normalized spacial score (nSPS) is 20.9. The van der Waals surface area contributed by atoms with E-state index in [0.717, 1.165) is 140 Å². The van der Waals surface area contributed by atoms with Gasteiger partial charge < -0.3 is 19.4 Å². The quantitative estimate of drug-likeness (QED) is 0.104. The highest BCUT2D eigenvalue weighted by Crippen LogP contribution is 2.65. The van der Waals surface area contributed by atoms with E-state index in [1.54, 1.807) is 0 Å². The molecule has 5 aromatic heterocycles. The van der Waals surface area contributed by atoms with Gasteiger partial charge in [0.2, 0.25) is 0 Å². The molecule has 8 bridgehead atoms. The van der Waals surface area contributed by atoms with Crippen LogP contribution in [0.15, 0.2) is 140 Å². The molecule has 11 heteroatoms. The zero-order valence-electron chi connectivity index (χ0n) is 49.3. The van der Waals surface area contributed by atoms with Crippen LogP contribution in [0.25, 0.3) is 99.9 Å². The fourth-order valence-corrected chi connectivity index (χ4v) is 17.3. The second-order valence-electron chi connectivity index (χ2n) is 24.0. The number of nitrogens with one attached hydrogen (secondary N) is 2. The molecule has 0 radical (unpaired) electrons. The number of hydrogen-bond donors (Lipinski definition) is 2. The van der Waals surface area contributed by atoms with Gasteiger partial charge in [-0.1, -0.05) is 155 Å². The molecule has 3 aromatic carbocycles. The van der Waals surface area contributed by atoms with Gasteiger partial charge in [-0.3, -0.25) is 14.5 Å². The molecule has 5 unspecified atom stereocenters. The number of H-pyrrole nitrogens is 2. The number of ether oxygens (including phenoxy) is 2. The first-order valence-electron chi connectivity index (χ1n) is 31.4. The monoisotopic (exact) mass is 1160 g/mol. The van der Waals surface area contributed by atoms with Crippen molar-refractivity contribution in [3.63, 3.8) is 0 Å². The molecule has 13 rings (SSSR count). The molecule has 5 atom stereocenters. The minimum absolute atomic E-state index is 0.00913. The van der Waals surface area contributed by atoms with Crippen LogP contribution in [0.4, 0.5) is 0 Å². The summed E-state index contributed by atoms with van der Waals surface area (Å²) in [6.45, 7) is 5.32. The fraction of sp³-hybridized carbons (Fsp3) is 0.351. The maximum absolute atomic E-state index is 13.6. The molecule has 9 nitrogen and oxygen atoms in total. The second-order valence-corrected chi connectivity index (χ2v) is 26.2. The lowest BCUT2D eigenvalue weighted by molar-refractivity contribution is -0.166. The van der Waals surface area contributed by atoms with Gasteiger partial charge in [0.1, 0.15) is 0 Å². The number of carbonyl (C=O) groups excluding carboxylic acids is 2. The Balaban J connectivity index is 0.841. The molecular weight excluding hydrogens is 1090 g/mol. The molecule has 0 amide bonds. The molecule has 5 aliphatic rings. The van der Waals surface area contributed by atoms with Gasteiger partial charge in [-0.2, -0.15) is 0 Å². The number of carbonyl (C=O) groups is 2. The molecule has 1 saturated heterocycles. The Morgan fingerprint density at radius 2 is 0.882 bits per heavy atom. The first-order chi connectivity index (χ1) is 41.8. The van der Waals surface area contributed by atoms with E-state index >= 15 is 0 Å². The SMILES string of the molecule is CCOC(=O)C1(C(=O)OCC)C2CCCCCCCCCC3C(CCCCCC21)CN(C)C3c1ccc(-c2ccc(-c3c4nc(c(-c5ccccc5)c5ccc([nH]5)c(-c5ccccc5)c5nc(c(-c6ccccc6)c6ccc3[nH]6)C=C5)C=C4)s2)s1. The fourth-order valence-electron chi connectivity index (χ4n) is 14.9. The summed E-state index contributed by atoms with van der Waals surface area (Å²) in [6, 6.07) is 50.4. The number of thiophene rings is 2. The van der Waals surface area contributed by atoms with Gasteiger partial charge in [0.25, 0.3) is 0 Å². The summed E-state index contributed by atoms with van der Waals surface area (Å²) in [7, 11) is 2.36. The number of aromatic amines is 2. The number of hydrogen-bond acceptors (Lipinski definition) is 9. The first kappa shape index (κ1) is 56.7. The third-order valence-electron chi connectivity index (χ3n) is 18.9. The van der Waals surface area contributed by atoms with Crippen molar-refractivity contribution in [3.8, 4) is 53.6 Å². The van der Waals surface area contributed by atoms with Crippen LogP contribution in [0.1, 0.15) is 137 Å². The largest absolute Gasteiger partial charge is 0.465 e. The van der Waals surface area contributed by atoms with Crippen molar-refractivity contribution in [2.75, 3.05) is 26.8 Å². The predicted molar refractivity (Wildman–Crippen MR) is 351 cm³/mol. The van der Waals surface area contributed by atoms with E-state index in [2.05, 4.69) is 186 Å². The van der Waals surface area contributed by atoms with Crippen molar-refractivity contribution in [2.45, 2.75) is 110 Å². The second kappa shape index (κ2) is 25.3. The van der Waals surface area contributed by atoms with Gasteiger partial charge in [-0.25, -0.2) is 9.97 Å². The van der Waals surface area contributed by atoms with Crippen LogP contribution >= 0.6 is 22.7 Å². The molecular formula is C74H77N5O4S2. The van der Waals surface area contributed by atoms with E-state index in [-0.39, 0.29) is 37.0 Å². The van der Waals surface area contributed by atoms with Crippen molar-refractivity contribution < 1.29 is 19.1 Å². The van der Waals surface area contributed by atoms with Crippen LogP contribution in [0.5, 0.6) is 0 Å². The number of rotatable bonds is 10. The number of fused-ring (bicyclic) bond motifs is 10. The van der Waals surface area contributed by atoms with E-state index in [0.29, 0.717) is 17.9 Å². The Morgan fingerprint density at radius 1 is 0.482 bits per heavy atom. The average molecular weight is 1160 g/mol. The minimum Gasteiger partial charge on any atom is -0.465 e. The third kappa shape index (κ3) is 11.2. The van der Waals surface area contributed by atoms with Gasteiger partial charge in [-0.15, -0.1) is 22.7 Å². The summed E-state index contributed by atoms with van der Waals surface area (Å²) in [5.74, 6) is 0.513. The maximum atomic E-state index is 13.6. The molecule has 85 heavy (non-hydrogen) atoms. The summed E-state index contributed by atoms with van der Waals surface area (Å²) in [4.78, 5) is 54.0. The van der Waals surface area contributed by atoms with E-state index in [1.165, 1.54) is 59.6 Å². The molecule has 8 aromatic rings. The third-order valence-corrected chi connectivity index (χ3v) is 21.3. The summed E-state index contributed by atoms with van der Waals surface area (Å²) < 4.78 is 11.2. The molecule has 0 spiro atoms. The lowest BCUT2D eigenvalue weighted by atomic mass is 9.82. The minimum atomic E-state index is -1.12. The highest BCUT2D eigenvalue weighted by Gasteiger charge is 2.75. The number of esters is 2. The summed E-state index contributed by atoms with van der Waals surface area (Å²) in [5, 5.41) is 0. The van der Waals surface area contributed by atoms with Crippen LogP contribution in [0, 0.1) is 29.1 Å². The van der Waals surface area contributed by atoms with Crippen molar-refractivity contribution in [2.24, 2.45) is 29.1 Å². The Hall–Kier alpha value is -7.44. The van der Waals surface area contributed by atoms with Crippen molar-refractivity contribution in [1.82, 2.24) is 24.8 Å². The smallest absolute Gasteiger partial charge is 0.324 e. The number of likely N-dealkylation sites (tertiary alicyclic amines) is 1. The molecule has 2 N–H and O–H groups in total. The Bertz CT molecular complexity index is 3870. The van der Waals surface area contributed by atoms with Crippen LogP contribution in [0.2, 0.25) is 0 Å². The van der Waals surface area contributed by atoms with E-state index < -0.39 is 5.41 Å². The van der Waals surface area contributed by atoms with Crippen LogP contribution in [-0.2, 0) is 19.1 Å². The maximum Gasteiger partial charge on any atom is 0.324 e. The topological polar surface area (TPSA) is 113 Å². The molecule has 3 fully saturated rings. The highest BCUT2D eigenvalue weighted by molar-refractivity contribution is 7.24. The van der Waals surface area contributed by atoms with Gasteiger partial charge in [0.15, 0.2) is 5.41 Å².